The van der Waals surface area contributed by atoms with Crippen LogP contribution in [0.1, 0.15) is 24.1 Å². The van der Waals surface area contributed by atoms with Crippen LogP contribution in [0.4, 0.5) is 8.78 Å². The second-order valence-electron chi connectivity index (χ2n) is 4.73. The van der Waals surface area contributed by atoms with Gasteiger partial charge in [-0.15, -0.1) is 0 Å². The Balaban J connectivity index is 2.33. The quantitative estimate of drug-likeness (QED) is 0.746. The van der Waals surface area contributed by atoms with E-state index in [1.807, 2.05) is 25.1 Å². The normalized spacial score (nSPS) is 12.4. The van der Waals surface area contributed by atoms with Crippen molar-refractivity contribution in [2.24, 2.45) is 0 Å². The van der Waals surface area contributed by atoms with Crippen LogP contribution in [0.3, 0.4) is 0 Å². The predicted molar refractivity (Wildman–Crippen MR) is 82.9 cm³/mol. The summed E-state index contributed by atoms with van der Waals surface area (Å²) in [5, 5.41) is 3.56. The monoisotopic (exact) mass is 329 g/mol. The molecule has 1 nitrogen and oxygen atoms in total. The number of hydrogen-bond donors (Lipinski definition) is 1. The summed E-state index contributed by atoms with van der Waals surface area (Å²) in [5.74, 6) is -1.14. The molecule has 5 heteroatoms. The third-order valence-corrected chi connectivity index (χ3v) is 3.72. The lowest BCUT2D eigenvalue weighted by molar-refractivity contribution is 0.502. The summed E-state index contributed by atoms with van der Waals surface area (Å²) >= 11 is 11.6. The highest BCUT2D eigenvalue weighted by atomic mass is 35.5. The zero-order chi connectivity index (χ0) is 15.4. The van der Waals surface area contributed by atoms with Crippen LogP contribution >= 0.6 is 23.2 Å². The molecule has 0 radical (unpaired) electrons. The Bertz CT molecular complexity index is 632. The lowest BCUT2D eigenvalue weighted by atomic mass is 9.98. The first-order valence-electron chi connectivity index (χ1n) is 6.63. The smallest absolute Gasteiger partial charge is 0.142 e. The largest absolute Gasteiger partial charge is 0.310 e. The minimum absolute atomic E-state index is 0.214. The van der Waals surface area contributed by atoms with E-state index in [-0.39, 0.29) is 16.6 Å². The van der Waals surface area contributed by atoms with Gasteiger partial charge in [0.05, 0.1) is 5.02 Å². The molecule has 0 aliphatic rings. The molecular formula is C16H15Cl2F2N. The molecule has 0 aliphatic carbocycles. The molecular weight excluding hydrogens is 315 g/mol. The molecule has 0 fully saturated rings. The van der Waals surface area contributed by atoms with Gasteiger partial charge in [-0.25, -0.2) is 8.78 Å². The Morgan fingerprint density at radius 3 is 2.52 bits per heavy atom. The van der Waals surface area contributed by atoms with Gasteiger partial charge in [0, 0.05) is 16.6 Å². The fourth-order valence-corrected chi connectivity index (χ4v) is 2.61. The lowest BCUT2D eigenvalue weighted by Gasteiger charge is -2.19. The van der Waals surface area contributed by atoms with Gasteiger partial charge in [-0.3, -0.25) is 0 Å². The number of rotatable bonds is 5. The Morgan fingerprint density at radius 1 is 1.10 bits per heavy atom. The molecule has 1 atom stereocenters. The van der Waals surface area contributed by atoms with E-state index in [1.165, 1.54) is 0 Å². The SMILES string of the molecule is CCNC(Cc1cccc(Cl)c1)c1cc(F)c(Cl)cc1F. The minimum atomic E-state index is -0.623. The van der Waals surface area contributed by atoms with Crippen molar-refractivity contribution >= 4 is 23.2 Å². The first-order chi connectivity index (χ1) is 10.0. The summed E-state index contributed by atoms with van der Waals surface area (Å²) in [4.78, 5) is 0. The summed E-state index contributed by atoms with van der Waals surface area (Å²) in [6.45, 7) is 2.55. The molecule has 1 N–H and O–H groups in total. The van der Waals surface area contributed by atoms with Gasteiger partial charge in [-0.1, -0.05) is 42.3 Å². The van der Waals surface area contributed by atoms with Crippen LogP contribution < -0.4 is 5.32 Å². The number of nitrogens with one attached hydrogen (secondary N) is 1. The molecule has 0 spiro atoms. The molecule has 0 aromatic heterocycles. The van der Waals surface area contributed by atoms with Gasteiger partial charge in [0.1, 0.15) is 11.6 Å². The van der Waals surface area contributed by atoms with Crippen LogP contribution in [-0.2, 0) is 6.42 Å². The highest BCUT2D eigenvalue weighted by molar-refractivity contribution is 6.31. The Labute approximate surface area is 132 Å². The van der Waals surface area contributed by atoms with Crippen LogP contribution in [0.15, 0.2) is 36.4 Å². The molecule has 0 aliphatic heterocycles. The van der Waals surface area contributed by atoms with Crippen molar-refractivity contribution in [3.05, 3.63) is 69.2 Å². The molecule has 2 rings (SSSR count). The molecule has 0 saturated heterocycles. The molecule has 0 heterocycles. The standard InChI is InChI=1S/C16H15Cl2F2N/c1-2-21-16(7-10-4-3-5-11(17)6-10)12-8-15(20)13(18)9-14(12)19/h3-6,8-9,16,21H,2,7H2,1H3. The van der Waals surface area contributed by atoms with Gasteiger partial charge in [0.15, 0.2) is 0 Å². The van der Waals surface area contributed by atoms with Crippen molar-refractivity contribution in [3.8, 4) is 0 Å². The molecule has 21 heavy (non-hydrogen) atoms. The van der Waals surface area contributed by atoms with Crippen LogP contribution in [0, 0.1) is 11.6 Å². The zero-order valence-electron chi connectivity index (χ0n) is 11.5. The Kier molecular flexibility index (Phi) is 5.57. The average molecular weight is 330 g/mol. The van der Waals surface area contributed by atoms with Crippen LogP contribution in [0.25, 0.3) is 0 Å². The third-order valence-electron chi connectivity index (χ3n) is 3.19. The van der Waals surface area contributed by atoms with Gasteiger partial charge in [0.25, 0.3) is 0 Å². The van der Waals surface area contributed by atoms with Crippen molar-refractivity contribution < 1.29 is 8.78 Å². The maximum atomic E-state index is 14.1. The fourth-order valence-electron chi connectivity index (χ4n) is 2.24. The van der Waals surface area contributed by atoms with Crippen molar-refractivity contribution in [3.63, 3.8) is 0 Å². The summed E-state index contributed by atoms with van der Waals surface area (Å²) in [5.41, 5.74) is 1.21. The Morgan fingerprint density at radius 2 is 1.86 bits per heavy atom. The Hall–Kier alpha value is -1.16. The fraction of sp³-hybridized carbons (Fsp3) is 0.250. The van der Waals surface area contributed by atoms with Gasteiger partial charge in [-0.2, -0.15) is 0 Å². The average Bonchev–Trinajstić information content (AvgIpc) is 2.42. The topological polar surface area (TPSA) is 12.0 Å². The van der Waals surface area contributed by atoms with Crippen molar-refractivity contribution in [1.29, 1.82) is 0 Å². The van der Waals surface area contributed by atoms with E-state index in [1.54, 1.807) is 6.07 Å². The molecule has 1 unspecified atom stereocenters. The zero-order valence-corrected chi connectivity index (χ0v) is 13.0. The summed E-state index contributed by atoms with van der Waals surface area (Å²) < 4.78 is 27.7. The molecule has 2 aromatic rings. The molecule has 2 aromatic carbocycles. The number of hydrogen-bond acceptors (Lipinski definition) is 1. The van der Waals surface area contributed by atoms with Crippen molar-refractivity contribution in [1.82, 2.24) is 5.32 Å². The van der Waals surface area contributed by atoms with Gasteiger partial charge in [-0.05, 0) is 42.8 Å². The van der Waals surface area contributed by atoms with Gasteiger partial charge in [0.2, 0.25) is 0 Å². The van der Waals surface area contributed by atoms with E-state index in [0.717, 1.165) is 17.7 Å². The third kappa shape index (κ3) is 4.16. The summed E-state index contributed by atoms with van der Waals surface area (Å²) in [6, 6.07) is 9.14. The number of likely N-dealkylation sites (N-methyl/N-ethyl adjacent to an activating group) is 1. The van der Waals surface area contributed by atoms with E-state index in [9.17, 15) is 8.78 Å². The highest BCUT2D eigenvalue weighted by Crippen LogP contribution is 2.27. The maximum Gasteiger partial charge on any atom is 0.142 e. The van der Waals surface area contributed by atoms with Gasteiger partial charge >= 0.3 is 0 Å². The lowest BCUT2D eigenvalue weighted by Crippen LogP contribution is -2.24. The maximum absolute atomic E-state index is 14.1. The summed E-state index contributed by atoms with van der Waals surface area (Å²) in [6.07, 6.45) is 0.506. The predicted octanol–water partition coefficient (Wildman–Crippen LogP) is 5.16. The van der Waals surface area contributed by atoms with Crippen molar-refractivity contribution in [2.75, 3.05) is 6.54 Å². The second kappa shape index (κ2) is 7.21. The number of benzene rings is 2. The molecule has 0 amide bonds. The molecule has 112 valence electrons. The van der Waals surface area contributed by atoms with Crippen LogP contribution in [0.5, 0.6) is 0 Å². The van der Waals surface area contributed by atoms with Crippen molar-refractivity contribution in [2.45, 2.75) is 19.4 Å². The van der Waals surface area contributed by atoms with Crippen LogP contribution in [0.2, 0.25) is 10.0 Å². The van der Waals surface area contributed by atoms with Gasteiger partial charge < -0.3 is 5.32 Å². The first-order valence-corrected chi connectivity index (χ1v) is 7.39. The highest BCUT2D eigenvalue weighted by Gasteiger charge is 2.18. The second-order valence-corrected chi connectivity index (χ2v) is 5.58. The van der Waals surface area contributed by atoms with E-state index in [0.29, 0.717) is 18.0 Å². The summed E-state index contributed by atoms with van der Waals surface area (Å²) in [7, 11) is 0. The number of halogens is 4. The van der Waals surface area contributed by atoms with E-state index < -0.39 is 11.6 Å². The first kappa shape index (κ1) is 16.2. The van der Waals surface area contributed by atoms with E-state index in [4.69, 9.17) is 23.2 Å². The van der Waals surface area contributed by atoms with E-state index in [2.05, 4.69) is 5.32 Å². The van der Waals surface area contributed by atoms with E-state index >= 15 is 0 Å². The molecule has 0 bridgehead atoms. The molecule has 0 saturated carbocycles. The minimum Gasteiger partial charge on any atom is -0.310 e. The van der Waals surface area contributed by atoms with Crippen LogP contribution in [-0.4, -0.2) is 6.54 Å².